The van der Waals surface area contributed by atoms with Crippen molar-refractivity contribution in [3.63, 3.8) is 0 Å². The van der Waals surface area contributed by atoms with Crippen LogP contribution in [0.3, 0.4) is 0 Å². The van der Waals surface area contributed by atoms with E-state index in [-0.39, 0.29) is 12.7 Å². The lowest BCUT2D eigenvalue weighted by atomic mass is 10.2. The molecule has 2 aromatic carbocycles. The Hall–Kier alpha value is -2.60. The molecule has 5 rings (SSSR count). The zero-order valence-electron chi connectivity index (χ0n) is 13.5. The van der Waals surface area contributed by atoms with Gasteiger partial charge in [-0.2, -0.15) is 0 Å². The molecule has 1 aromatic heterocycles. The van der Waals surface area contributed by atoms with Gasteiger partial charge in [-0.05, 0) is 29.8 Å². The van der Waals surface area contributed by atoms with Gasteiger partial charge in [-0.25, -0.2) is 0 Å². The van der Waals surface area contributed by atoms with E-state index in [1.165, 1.54) is 10.4 Å². The first-order valence-corrected chi connectivity index (χ1v) is 9.20. The zero-order chi connectivity index (χ0) is 16.8. The highest BCUT2D eigenvalue weighted by Crippen LogP contribution is 2.35. The first-order chi connectivity index (χ1) is 12.3. The number of ether oxygens (including phenoxy) is 2. The number of thioether (sulfide) groups is 1. The molecule has 126 valence electrons. The quantitative estimate of drug-likeness (QED) is 0.785. The number of fused-ring (bicyclic) bond motifs is 1. The van der Waals surface area contributed by atoms with Gasteiger partial charge in [0.25, 0.3) is 5.91 Å². The molecule has 0 bridgehead atoms. The molecule has 0 fully saturated rings. The molecule has 0 saturated carbocycles. The number of benzene rings is 2. The molecule has 1 N–H and O–H groups in total. The van der Waals surface area contributed by atoms with Crippen LogP contribution in [0.1, 0.15) is 16.1 Å². The van der Waals surface area contributed by atoms with Crippen LogP contribution in [0.15, 0.2) is 47.4 Å². The Morgan fingerprint density at radius 1 is 1.16 bits per heavy atom. The molecule has 0 radical (unpaired) electrons. The van der Waals surface area contributed by atoms with Crippen molar-refractivity contribution in [3.05, 3.63) is 53.7 Å². The lowest BCUT2D eigenvalue weighted by Gasteiger charge is -2.17. The van der Waals surface area contributed by atoms with Gasteiger partial charge in [0.05, 0.1) is 5.52 Å². The predicted molar refractivity (Wildman–Crippen MR) is 96.4 cm³/mol. The summed E-state index contributed by atoms with van der Waals surface area (Å²) in [6.45, 7) is 1.57. The number of aryl methyl sites for hydroxylation is 1. The minimum absolute atomic E-state index is 0.0493. The molecule has 6 heteroatoms. The molecular formula is C19H16N2O3S. The number of nitrogens with zero attached hydrogens (tertiary/aromatic N) is 1. The van der Waals surface area contributed by atoms with Gasteiger partial charge in [0.2, 0.25) is 6.79 Å². The summed E-state index contributed by atoms with van der Waals surface area (Å²) in [7, 11) is 0. The predicted octanol–water partition coefficient (Wildman–Crippen LogP) is 3.41. The summed E-state index contributed by atoms with van der Waals surface area (Å²) >= 11 is 1.85. The fraction of sp³-hybridized carbons (Fsp3) is 0.211. The summed E-state index contributed by atoms with van der Waals surface area (Å²) in [6, 6.07) is 14.0. The average molecular weight is 352 g/mol. The number of nitrogens with one attached hydrogen (secondary N) is 1. The minimum atomic E-state index is -0.0493. The van der Waals surface area contributed by atoms with E-state index in [1.807, 2.05) is 36.0 Å². The van der Waals surface area contributed by atoms with Crippen molar-refractivity contribution < 1.29 is 14.3 Å². The van der Waals surface area contributed by atoms with Crippen LogP contribution in [0.25, 0.3) is 10.9 Å². The molecular weight excluding hydrogens is 336 g/mol. The Bertz CT molecular complexity index is 996. The van der Waals surface area contributed by atoms with Gasteiger partial charge in [-0.3, -0.25) is 4.79 Å². The number of rotatable bonds is 3. The monoisotopic (exact) mass is 352 g/mol. The Balaban J connectivity index is 1.40. The second-order valence-corrected chi connectivity index (χ2v) is 7.23. The van der Waals surface area contributed by atoms with Crippen LogP contribution in [0.5, 0.6) is 11.5 Å². The van der Waals surface area contributed by atoms with Crippen molar-refractivity contribution in [1.82, 2.24) is 9.88 Å². The molecule has 0 aliphatic carbocycles. The van der Waals surface area contributed by atoms with E-state index in [0.29, 0.717) is 6.54 Å². The maximum atomic E-state index is 12.7. The third-order valence-corrected chi connectivity index (χ3v) is 5.61. The SMILES string of the molecule is O=C(NCc1ccc2c(c1)OCO2)c1cc2cccc3c2n1CCS3. The lowest BCUT2D eigenvalue weighted by molar-refractivity contribution is 0.0942. The van der Waals surface area contributed by atoms with Gasteiger partial charge in [0.15, 0.2) is 11.5 Å². The highest BCUT2D eigenvalue weighted by atomic mass is 32.2. The van der Waals surface area contributed by atoms with E-state index in [0.717, 1.165) is 40.4 Å². The molecule has 0 spiro atoms. The van der Waals surface area contributed by atoms with Crippen LogP contribution in [-0.2, 0) is 13.1 Å². The van der Waals surface area contributed by atoms with Gasteiger partial charge < -0.3 is 19.4 Å². The van der Waals surface area contributed by atoms with Crippen LogP contribution in [-0.4, -0.2) is 23.0 Å². The van der Waals surface area contributed by atoms with Gasteiger partial charge in [-0.15, -0.1) is 11.8 Å². The molecule has 5 nitrogen and oxygen atoms in total. The summed E-state index contributed by atoms with van der Waals surface area (Å²) in [6.07, 6.45) is 0. The highest BCUT2D eigenvalue weighted by Gasteiger charge is 2.21. The Morgan fingerprint density at radius 2 is 2.08 bits per heavy atom. The van der Waals surface area contributed by atoms with Crippen LogP contribution in [0, 0.1) is 0 Å². The van der Waals surface area contributed by atoms with Gasteiger partial charge in [-0.1, -0.05) is 18.2 Å². The first kappa shape index (κ1) is 14.7. The van der Waals surface area contributed by atoms with Crippen LogP contribution in [0.2, 0.25) is 0 Å². The van der Waals surface area contributed by atoms with E-state index < -0.39 is 0 Å². The fourth-order valence-corrected chi connectivity index (χ4v) is 4.43. The zero-order valence-corrected chi connectivity index (χ0v) is 14.3. The third kappa shape index (κ3) is 2.44. The van der Waals surface area contributed by atoms with Crippen molar-refractivity contribution in [1.29, 1.82) is 0 Å². The van der Waals surface area contributed by atoms with E-state index in [9.17, 15) is 4.79 Å². The van der Waals surface area contributed by atoms with Gasteiger partial charge in [0, 0.05) is 29.1 Å². The number of carbonyl (C=O) groups is 1. The second kappa shape index (κ2) is 5.74. The number of hydrogen-bond acceptors (Lipinski definition) is 4. The van der Waals surface area contributed by atoms with Crippen molar-refractivity contribution in [3.8, 4) is 11.5 Å². The van der Waals surface area contributed by atoms with Crippen molar-refractivity contribution in [2.45, 2.75) is 18.0 Å². The minimum Gasteiger partial charge on any atom is -0.454 e. The van der Waals surface area contributed by atoms with Crippen molar-refractivity contribution >= 4 is 28.6 Å². The molecule has 2 aliphatic heterocycles. The van der Waals surface area contributed by atoms with E-state index in [4.69, 9.17) is 9.47 Å². The summed E-state index contributed by atoms with van der Waals surface area (Å²) in [4.78, 5) is 14.0. The molecule has 2 aliphatic rings. The summed E-state index contributed by atoms with van der Waals surface area (Å²) in [5.41, 5.74) is 2.89. The highest BCUT2D eigenvalue weighted by molar-refractivity contribution is 7.99. The summed E-state index contributed by atoms with van der Waals surface area (Å²) in [5, 5.41) is 4.15. The van der Waals surface area contributed by atoms with E-state index in [1.54, 1.807) is 0 Å². The third-order valence-electron chi connectivity index (χ3n) is 4.58. The Labute approximate surface area is 148 Å². The molecule has 0 atom stereocenters. The number of aromatic nitrogens is 1. The first-order valence-electron chi connectivity index (χ1n) is 8.21. The van der Waals surface area contributed by atoms with Gasteiger partial charge in [0.1, 0.15) is 5.69 Å². The maximum absolute atomic E-state index is 12.7. The van der Waals surface area contributed by atoms with Crippen LogP contribution in [0.4, 0.5) is 0 Å². The standard InChI is InChI=1S/C19H16N2O3S/c22-19(20-10-12-4-5-15-16(8-12)24-11-23-15)14-9-13-2-1-3-17-18(13)21(14)6-7-25-17/h1-5,8-9H,6-7,10-11H2,(H,20,22). The average Bonchev–Trinajstić information content (AvgIpc) is 3.26. The largest absolute Gasteiger partial charge is 0.454 e. The normalized spacial score (nSPS) is 14.7. The molecule has 3 aromatic rings. The van der Waals surface area contributed by atoms with E-state index in [2.05, 4.69) is 28.1 Å². The topological polar surface area (TPSA) is 52.5 Å². The molecule has 3 heterocycles. The summed E-state index contributed by atoms with van der Waals surface area (Å²) in [5.74, 6) is 2.43. The fourth-order valence-electron chi connectivity index (χ4n) is 3.40. The van der Waals surface area contributed by atoms with Crippen molar-refractivity contribution in [2.24, 2.45) is 0 Å². The smallest absolute Gasteiger partial charge is 0.268 e. The number of carbonyl (C=O) groups excluding carboxylic acids is 1. The maximum Gasteiger partial charge on any atom is 0.268 e. The number of para-hydroxylation sites is 1. The van der Waals surface area contributed by atoms with Gasteiger partial charge >= 0.3 is 0 Å². The number of hydrogen-bond donors (Lipinski definition) is 1. The van der Waals surface area contributed by atoms with Crippen molar-refractivity contribution in [2.75, 3.05) is 12.5 Å². The Morgan fingerprint density at radius 3 is 3.04 bits per heavy atom. The molecule has 1 amide bonds. The molecule has 0 unspecified atom stereocenters. The molecule has 0 saturated heterocycles. The lowest BCUT2D eigenvalue weighted by Crippen LogP contribution is -2.26. The van der Waals surface area contributed by atoms with Crippen LogP contribution < -0.4 is 14.8 Å². The summed E-state index contributed by atoms with van der Waals surface area (Å²) < 4.78 is 12.8. The Kier molecular flexibility index (Phi) is 3.38. The van der Waals surface area contributed by atoms with Crippen LogP contribution >= 0.6 is 11.8 Å². The number of amides is 1. The molecule has 25 heavy (non-hydrogen) atoms. The van der Waals surface area contributed by atoms with E-state index >= 15 is 0 Å². The second-order valence-electron chi connectivity index (χ2n) is 6.09.